The molecular weight excluding hydrogens is 715 g/mol. The smallest absolute Gasteiger partial charge is 0.548 e. The molecule has 0 amide bonds. The molecule has 0 aromatic heterocycles. The van der Waals surface area contributed by atoms with E-state index in [0.29, 0.717) is 24.0 Å². The van der Waals surface area contributed by atoms with E-state index in [1.54, 1.807) is 36.3 Å². The molecule has 0 radical (unpaired) electrons. The molecule has 0 aliphatic carbocycles. The fourth-order valence-corrected chi connectivity index (χ4v) is 6.32. The molecule has 10 nitrogen and oxygen atoms in total. The van der Waals surface area contributed by atoms with E-state index < -0.39 is 23.0 Å². The molecule has 2 unspecified atom stereocenters. The molecule has 53 heavy (non-hydrogen) atoms. The van der Waals surface area contributed by atoms with E-state index in [1.165, 1.54) is 38.5 Å². The van der Waals surface area contributed by atoms with Gasteiger partial charge in [-0.2, -0.15) is 0 Å². The van der Waals surface area contributed by atoms with Crippen molar-refractivity contribution in [3.8, 4) is 0 Å². The predicted octanol–water partition coefficient (Wildman–Crippen LogP) is 6.22. The van der Waals surface area contributed by atoms with Gasteiger partial charge < -0.3 is 19.8 Å². The SMILES string of the molecule is CCCCCCCCC(=O)CC1=CN(c2ccccc2)NC1(C)C(=O)[O-].CCCCCCCCC(=O)CC1=CN(c2ccccc2)NC1(C)C(=O)[O-].[Ni+2]. The van der Waals surface area contributed by atoms with Crippen molar-refractivity contribution in [2.45, 2.75) is 142 Å². The van der Waals surface area contributed by atoms with Gasteiger partial charge in [-0.1, -0.05) is 114 Å². The minimum Gasteiger partial charge on any atom is -0.548 e. The maximum Gasteiger partial charge on any atom is 2.00 e. The summed E-state index contributed by atoms with van der Waals surface area (Å²) < 4.78 is 0. The first-order valence-electron chi connectivity index (χ1n) is 19.1. The number of carboxylic acid groups (broad SMARTS) is 2. The second-order valence-corrected chi connectivity index (χ2v) is 14.2. The van der Waals surface area contributed by atoms with Gasteiger partial charge in [0.25, 0.3) is 0 Å². The van der Waals surface area contributed by atoms with Crippen LogP contribution in [0.3, 0.4) is 0 Å². The fraction of sp³-hybridized carbons (Fsp3) is 0.524. The number of ketones is 2. The van der Waals surface area contributed by atoms with Gasteiger partial charge in [0.1, 0.15) is 11.6 Å². The summed E-state index contributed by atoms with van der Waals surface area (Å²) in [6.45, 7) is 7.46. The van der Waals surface area contributed by atoms with E-state index in [4.69, 9.17) is 0 Å². The van der Waals surface area contributed by atoms with Crippen LogP contribution >= 0.6 is 0 Å². The molecule has 0 saturated heterocycles. The minimum absolute atomic E-state index is 0. The van der Waals surface area contributed by atoms with Gasteiger partial charge in [0.05, 0.1) is 34.4 Å². The Labute approximate surface area is 326 Å². The first-order valence-corrected chi connectivity index (χ1v) is 19.1. The third kappa shape index (κ3) is 13.9. The summed E-state index contributed by atoms with van der Waals surface area (Å²) in [5, 5.41) is 26.7. The van der Waals surface area contributed by atoms with Gasteiger partial charge in [-0.05, 0) is 62.1 Å². The van der Waals surface area contributed by atoms with E-state index in [0.717, 1.165) is 49.9 Å². The number of hydrogen-bond donors (Lipinski definition) is 2. The molecule has 0 saturated carbocycles. The number of benzene rings is 2. The molecule has 0 fully saturated rings. The van der Waals surface area contributed by atoms with Crippen LogP contribution in [-0.4, -0.2) is 34.6 Å². The van der Waals surface area contributed by atoms with E-state index in [-0.39, 0.29) is 40.9 Å². The molecule has 0 spiro atoms. The summed E-state index contributed by atoms with van der Waals surface area (Å²) in [5.41, 5.74) is 5.89. The zero-order valence-corrected chi connectivity index (χ0v) is 32.9. The van der Waals surface area contributed by atoms with Crippen molar-refractivity contribution in [1.82, 2.24) is 10.9 Å². The number of anilines is 2. The molecule has 11 heteroatoms. The molecule has 2 aromatic rings. The number of Topliss-reactive ketones (excluding diaryl/α,β-unsaturated/α-hetero) is 2. The Bertz CT molecular complexity index is 1400. The van der Waals surface area contributed by atoms with Crippen LogP contribution in [0.25, 0.3) is 0 Å². The van der Waals surface area contributed by atoms with Crippen LogP contribution in [-0.2, 0) is 35.7 Å². The fourth-order valence-electron chi connectivity index (χ4n) is 6.32. The summed E-state index contributed by atoms with van der Waals surface area (Å²) in [4.78, 5) is 48.1. The number of para-hydroxylation sites is 2. The van der Waals surface area contributed by atoms with Crippen LogP contribution in [0, 0.1) is 0 Å². The first kappa shape index (κ1) is 45.4. The largest absolute Gasteiger partial charge is 2.00 e. The van der Waals surface area contributed by atoms with Crippen molar-refractivity contribution in [1.29, 1.82) is 0 Å². The van der Waals surface area contributed by atoms with Crippen LogP contribution in [0.15, 0.2) is 84.2 Å². The van der Waals surface area contributed by atoms with Gasteiger partial charge in [-0.3, -0.25) is 19.6 Å². The maximum absolute atomic E-state index is 12.3. The Morgan fingerprint density at radius 2 is 0.868 bits per heavy atom. The van der Waals surface area contributed by atoms with Crippen molar-refractivity contribution < 1.29 is 45.9 Å². The Morgan fingerprint density at radius 3 is 1.19 bits per heavy atom. The number of nitrogens with one attached hydrogen (secondary N) is 2. The third-order valence-electron chi connectivity index (χ3n) is 9.82. The number of aliphatic carboxylic acids is 2. The van der Waals surface area contributed by atoms with Crippen LogP contribution < -0.4 is 31.1 Å². The quantitative estimate of drug-likeness (QED) is 0.105. The summed E-state index contributed by atoms with van der Waals surface area (Å²) in [7, 11) is 0. The van der Waals surface area contributed by atoms with Crippen molar-refractivity contribution >= 4 is 34.9 Å². The number of rotatable bonds is 22. The summed E-state index contributed by atoms with van der Waals surface area (Å²) in [6.07, 6.45) is 18.2. The number of hydrogen-bond acceptors (Lipinski definition) is 10. The number of unbranched alkanes of at least 4 members (excludes halogenated alkanes) is 10. The van der Waals surface area contributed by atoms with E-state index in [2.05, 4.69) is 24.7 Å². The number of carbonyl (C=O) groups is 4. The molecule has 2 aromatic carbocycles. The number of carboxylic acids is 2. The molecule has 2 heterocycles. The predicted molar refractivity (Wildman–Crippen MR) is 202 cm³/mol. The molecular formula is C42H58N4NiO6. The second-order valence-electron chi connectivity index (χ2n) is 14.2. The minimum atomic E-state index is -1.37. The topological polar surface area (TPSA) is 145 Å². The Hall–Kier alpha value is -3.79. The number of nitrogens with zero attached hydrogens (tertiary/aromatic N) is 2. The molecule has 0 bridgehead atoms. The molecule has 2 atom stereocenters. The average molecular weight is 774 g/mol. The first-order chi connectivity index (χ1) is 24.9. The van der Waals surface area contributed by atoms with Gasteiger partial charge >= 0.3 is 16.5 Å². The molecule has 4 rings (SSSR count). The van der Waals surface area contributed by atoms with Crippen LogP contribution in [0.1, 0.15) is 130 Å². The van der Waals surface area contributed by atoms with E-state index >= 15 is 0 Å². The molecule has 2 aliphatic heterocycles. The maximum atomic E-state index is 12.3. The van der Waals surface area contributed by atoms with Crippen LogP contribution in [0.5, 0.6) is 0 Å². The molecule has 292 valence electrons. The Morgan fingerprint density at radius 1 is 0.547 bits per heavy atom. The second kappa shape index (κ2) is 23.1. The van der Waals surface area contributed by atoms with Crippen molar-refractivity contribution in [2.75, 3.05) is 10.0 Å². The zero-order valence-electron chi connectivity index (χ0n) is 31.9. The normalized spacial score (nSPS) is 19.1. The molecule has 2 N–H and O–H groups in total. The van der Waals surface area contributed by atoms with Gasteiger partial charge in [0.2, 0.25) is 0 Å². The average Bonchev–Trinajstić information content (AvgIpc) is 3.66. The Balaban J connectivity index is 0.000000360. The summed E-state index contributed by atoms with van der Waals surface area (Å²) in [5.74, 6) is -2.30. The van der Waals surface area contributed by atoms with Gasteiger partial charge in [0.15, 0.2) is 0 Å². The van der Waals surface area contributed by atoms with Crippen LogP contribution in [0.2, 0.25) is 0 Å². The standard InChI is InChI=1S/2C21H30N2O3.Ni/c2*1-3-4-5-6-7-11-14-19(24)15-17-16-23(18-12-9-8-10-13-18)22-21(17,2)20(25)26;/h2*8-10,12-13,16,22H,3-7,11,14-15H2,1-2H3,(H,25,26);/q;;+2/p-2. The summed E-state index contributed by atoms with van der Waals surface area (Å²) >= 11 is 0. The van der Waals surface area contributed by atoms with Crippen molar-refractivity contribution in [3.63, 3.8) is 0 Å². The van der Waals surface area contributed by atoms with Gasteiger partial charge in [-0.25, -0.2) is 10.9 Å². The zero-order chi connectivity index (χ0) is 38.0. The number of carbonyl (C=O) groups excluding carboxylic acids is 4. The number of hydrazine groups is 2. The van der Waals surface area contributed by atoms with Gasteiger partial charge in [0, 0.05) is 38.1 Å². The monoisotopic (exact) mass is 772 g/mol. The van der Waals surface area contributed by atoms with Gasteiger partial charge in [-0.15, -0.1) is 0 Å². The third-order valence-corrected chi connectivity index (χ3v) is 9.82. The summed E-state index contributed by atoms with van der Waals surface area (Å²) in [6, 6.07) is 18.8. The van der Waals surface area contributed by atoms with Crippen molar-refractivity contribution in [3.05, 3.63) is 84.2 Å². The molecule has 2 aliphatic rings. The van der Waals surface area contributed by atoms with E-state index in [1.807, 2.05) is 60.7 Å². The van der Waals surface area contributed by atoms with E-state index in [9.17, 15) is 29.4 Å². The van der Waals surface area contributed by atoms with Crippen molar-refractivity contribution in [2.24, 2.45) is 0 Å². The Kier molecular flexibility index (Phi) is 19.8. The van der Waals surface area contributed by atoms with Crippen LogP contribution in [0.4, 0.5) is 11.4 Å².